The van der Waals surface area contributed by atoms with Crippen LogP contribution in [0.3, 0.4) is 0 Å². The van der Waals surface area contributed by atoms with Crippen molar-refractivity contribution in [3.8, 4) is 0 Å². The molecule has 124 valence electrons. The Morgan fingerprint density at radius 3 is 2.57 bits per heavy atom. The monoisotopic (exact) mass is 426 g/mol. The van der Waals surface area contributed by atoms with E-state index in [1.54, 1.807) is 11.1 Å². The van der Waals surface area contributed by atoms with E-state index >= 15 is 0 Å². The zero-order chi connectivity index (χ0) is 15.0. The van der Waals surface area contributed by atoms with Crippen LogP contribution < -0.4 is 0 Å². The van der Waals surface area contributed by atoms with Gasteiger partial charge in [-0.1, -0.05) is 0 Å². The van der Waals surface area contributed by atoms with E-state index in [-0.39, 0.29) is 24.8 Å². The molecule has 2 aliphatic carbocycles. The normalized spacial score (nSPS) is 21.0. The van der Waals surface area contributed by atoms with E-state index in [0.717, 1.165) is 0 Å². The van der Waals surface area contributed by atoms with Crippen molar-refractivity contribution in [1.82, 2.24) is 0 Å². The van der Waals surface area contributed by atoms with Crippen LogP contribution >= 0.6 is 24.8 Å². The molecule has 3 rings (SSSR count). The van der Waals surface area contributed by atoms with Crippen molar-refractivity contribution in [2.24, 2.45) is 0 Å². The Kier molecular flexibility index (Phi) is 7.58. The van der Waals surface area contributed by atoms with Gasteiger partial charge >= 0.3 is 141 Å². The summed E-state index contributed by atoms with van der Waals surface area (Å²) in [6, 6.07) is 4.72. The van der Waals surface area contributed by atoms with Gasteiger partial charge in [0, 0.05) is 0 Å². The minimum Gasteiger partial charge on any atom is -0.147 e. The number of allylic oxidation sites excluding steroid dienone is 5. The topological polar surface area (TPSA) is 0 Å². The van der Waals surface area contributed by atoms with E-state index in [0.29, 0.717) is 3.12 Å². The minimum absolute atomic E-state index is 0. The Labute approximate surface area is 164 Å². The molecule has 0 heterocycles. The van der Waals surface area contributed by atoms with E-state index in [4.69, 9.17) is 0 Å². The third kappa shape index (κ3) is 4.12. The van der Waals surface area contributed by atoms with E-state index in [2.05, 4.69) is 64.1 Å². The summed E-state index contributed by atoms with van der Waals surface area (Å²) in [6.45, 7) is 9.28. The summed E-state index contributed by atoms with van der Waals surface area (Å²) in [5.41, 5.74) is 7.63. The molecule has 1 unspecified atom stereocenters. The van der Waals surface area contributed by atoms with Crippen LogP contribution in [0.25, 0.3) is 6.08 Å². The molecule has 0 amide bonds. The smallest absolute Gasteiger partial charge is 0.147 e. The third-order valence-corrected chi connectivity index (χ3v) is 8.92. The number of benzene rings is 1. The fourth-order valence-electron chi connectivity index (χ4n) is 3.78. The van der Waals surface area contributed by atoms with Crippen molar-refractivity contribution in [3.63, 3.8) is 0 Å². The second-order valence-corrected chi connectivity index (χ2v) is 11.2. The Balaban J connectivity index is 0.00000132. The van der Waals surface area contributed by atoms with E-state index in [1.807, 2.05) is 3.28 Å². The maximum atomic E-state index is 2.51. The van der Waals surface area contributed by atoms with Crippen LogP contribution in [0, 0.1) is 13.8 Å². The fourth-order valence-corrected chi connectivity index (χ4v) is 8.33. The van der Waals surface area contributed by atoms with Gasteiger partial charge in [0.25, 0.3) is 0 Å². The molecule has 0 radical (unpaired) electrons. The molecule has 0 nitrogen and oxygen atoms in total. The van der Waals surface area contributed by atoms with Gasteiger partial charge in [0.2, 0.25) is 0 Å². The molecule has 1 aromatic carbocycles. The molecule has 0 spiro atoms. The zero-order valence-electron chi connectivity index (χ0n) is 14.4. The minimum atomic E-state index is -0.644. The first kappa shape index (κ1) is 20.9. The Bertz CT molecular complexity index is 670. The predicted octanol–water partition coefficient (Wildman–Crippen LogP) is 6.49. The van der Waals surface area contributed by atoms with Crippen molar-refractivity contribution in [2.45, 2.75) is 50.1 Å². The van der Waals surface area contributed by atoms with Crippen molar-refractivity contribution >= 4 is 30.9 Å². The van der Waals surface area contributed by atoms with E-state index < -0.39 is 23.2 Å². The van der Waals surface area contributed by atoms with Crippen LogP contribution in [-0.4, -0.2) is 0 Å². The second kappa shape index (κ2) is 8.33. The molecule has 1 atom stereocenters. The molecule has 0 saturated carbocycles. The van der Waals surface area contributed by atoms with Gasteiger partial charge in [-0.15, -0.1) is 24.8 Å². The van der Waals surface area contributed by atoms with Gasteiger partial charge < -0.3 is 0 Å². The summed E-state index contributed by atoms with van der Waals surface area (Å²) in [7, 11) is 0. The Morgan fingerprint density at radius 2 is 1.87 bits per heavy atom. The van der Waals surface area contributed by atoms with Crippen molar-refractivity contribution in [1.29, 1.82) is 0 Å². The van der Waals surface area contributed by atoms with Gasteiger partial charge in [-0.3, -0.25) is 0 Å². The summed E-state index contributed by atoms with van der Waals surface area (Å²) in [6.07, 6.45) is 13.4. The molecule has 1 aromatic rings. The first-order valence-electron chi connectivity index (χ1n) is 8.01. The second-order valence-electron chi connectivity index (χ2n) is 6.57. The summed E-state index contributed by atoms with van der Waals surface area (Å²) in [5, 5.41) is 0. The van der Waals surface area contributed by atoms with Gasteiger partial charge in [-0.25, -0.2) is 0 Å². The maximum absolute atomic E-state index is 2.51. The summed E-state index contributed by atoms with van der Waals surface area (Å²) < 4.78 is 2.16. The largest absolute Gasteiger partial charge is 0.147 e. The number of halogens is 2. The first-order chi connectivity index (χ1) is 10.0. The number of hydrogen-bond acceptors (Lipinski definition) is 0. The zero-order valence-corrected chi connectivity index (χ0v) is 18.5. The summed E-state index contributed by atoms with van der Waals surface area (Å²) >= 11 is -0.644. The average Bonchev–Trinajstić information content (AvgIpc) is 2.96. The number of hydrogen-bond donors (Lipinski definition) is 0. The van der Waals surface area contributed by atoms with Crippen LogP contribution in [-0.2, 0) is 26.4 Å². The van der Waals surface area contributed by atoms with Crippen LogP contribution in [0.1, 0.15) is 55.4 Å². The van der Waals surface area contributed by atoms with Gasteiger partial charge in [-0.05, 0) is 0 Å². The fraction of sp³-hybridized carbons (Fsp3) is 0.400. The quantitative estimate of drug-likeness (QED) is 0.514. The third-order valence-electron chi connectivity index (χ3n) is 4.58. The molecular formula is C20H26Cl2Zr. The Morgan fingerprint density at radius 1 is 1.13 bits per heavy atom. The van der Waals surface area contributed by atoms with Crippen LogP contribution in [0.2, 0.25) is 0 Å². The van der Waals surface area contributed by atoms with Gasteiger partial charge in [0.1, 0.15) is 0 Å². The predicted molar refractivity (Wildman–Crippen MR) is 102 cm³/mol. The maximum Gasteiger partial charge on any atom is -0.147 e. The number of aryl methyl sites for hydroxylation is 2. The van der Waals surface area contributed by atoms with Crippen LogP contribution in [0.4, 0.5) is 0 Å². The van der Waals surface area contributed by atoms with Gasteiger partial charge in [0.15, 0.2) is 0 Å². The summed E-state index contributed by atoms with van der Waals surface area (Å²) in [4.78, 5) is 0. The summed E-state index contributed by atoms with van der Waals surface area (Å²) in [5.74, 6) is 0. The molecule has 0 bridgehead atoms. The number of rotatable bonds is 4. The van der Waals surface area contributed by atoms with Crippen LogP contribution in [0.15, 0.2) is 39.2 Å². The van der Waals surface area contributed by atoms with Crippen molar-refractivity contribution in [3.05, 3.63) is 61.5 Å². The molecule has 0 aliphatic heterocycles. The molecule has 2 aliphatic rings. The molecule has 3 heteroatoms. The van der Waals surface area contributed by atoms with Gasteiger partial charge in [-0.2, -0.15) is 0 Å². The van der Waals surface area contributed by atoms with Gasteiger partial charge in [0.05, 0.1) is 0 Å². The molecule has 0 aromatic heterocycles. The Hall–Kier alpha value is -0.0969. The van der Waals surface area contributed by atoms with E-state index in [1.165, 1.54) is 36.0 Å². The van der Waals surface area contributed by atoms with Crippen LogP contribution in [0.5, 0.6) is 0 Å². The average molecular weight is 429 g/mol. The van der Waals surface area contributed by atoms with Crippen molar-refractivity contribution < 1.29 is 23.2 Å². The standard InChI is InChI=1S/C12H13.C8H11.2ClH.Zr/c1-8-6-10(3)12-9(2)4-5-11(12)7-8;1-2-5-8-6-3-4-7-8;;;/h4-7H,1-3H3;3,6H,2,4-5H2,1H3;2*1H;. The molecule has 23 heavy (non-hydrogen) atoms. The number of fused-ring (bicyclic) bond motifs is 1. The van der Waals surface area contributed by atoms with E-state index in [9.17, 15) is 0 Å². The molecule has 0 fully saturated rings. The first-order valence-corrected chi connectivity index (χ1v) is 10.5. The SMILES string of the molecule is CCCC1=[C]([Zr][C]2(C)C=Cc3cc(C)cc(C)c32)CC=C1.Cl.Cl. The van der Waals surface area contributed by atoms with Crippen molar-refractivity contribution in [2.75, 3.05) is 0 Å². The molecule has 0 N–H and O–H groups in total. The molecular weight excluding hydrogens is 402 g/mol. The molecule has 0 saturated heterocycles.